The van der Waals surface area contributed by atoms with Crippen molar-refractivity contribution in [2.75, 3.05) is 11.9 Å². The fraction of sp³-hybridized carbons (Fsp3) is 0.130. The number of nitrogens with one attached hydrogen (secondary N) is 2. The molecule has 156 valence electrons. The maximum Gasteiger partial charge on any atom is 0.257 e. The number of aromatic nitrogens is 3. The van der Waals surface area contributed by atoms with Gasteiger partial charge in [-0.1, -0.05) is 30.3 Å². The Labute approximate surface area is 183 Å². The summed E-state index contributed by atoms with van der Waals surface area (Å²) < 4.78 is 1.80. The number of anilines is 1. The molecule has 0 aliphatic rings. The first-order valence-electron chi connectivity index (χ1n) is 9.84. The molecule has 31 heavy (non-hydrogen) atoms. The van der Waals surface area contributed by atoms with Gasteiger partial charge in [0.2, 0.25) is 5.91 Å². The molecule has 0 fully saturated rings. The summed E-state index contributed by atoms with van der Waals surface area (Å²) in [5.41, 5.74) is 3.33. The molecule has 2 N–H and O–H groups in total. The second kappa shape index (κ2) is 9.82. The Balaban J connectivity index is 1.22. The zero-order chi connectivity index (χ0) is 21.5. The highest BCUT2D eigenvalue weighted by Gasteiger charge is 2.11. The molecule has 2 amide bonds. The summed E-state index contributed by atoms with van der Waals surface area (Å²) in [6, 6.07) is 18.9. The van der Waals surface area contributed by atoms with Gasteiger partial charge in [-0.15, -0.1) is 11.3 Å². The molecule has 4 rings (SSSR count). The second-order valence-electron chi connectivity index (χ2n) is 6.86. The van der Waals surface area contributed by atoms with E-state index in [0.29, 0.717) is 22.9 Å². The molecule has 2 aromatic heterocycles. The van der Waals surface area contributed by atoms with E-state index < -0.39 is 0 Å². The smallest absolute Gasteiger partial charge is 0.257 e. The summed E-state index contributed by atoms with van der Waals surface area (Å²) in [6.45, 7) is 0.543. The van der Waals surface area contributed by atoms with Crippen LogP contribution in [0.4, 0.5) is 5.13 Å². The molecule has 0 atom stereocenters. The maximum atomic E-state index is 12.2. The van der Waals surface area contributed by atoms with Crippen LogP contribution in [0.25, 0.3) is 5.69 Å². The highest BCUT2D eigenvalue weighted by atomic mass is 32.1. The average Bonchev–Trinajstić information content (AvgIpc) is 3.47. The molecule has 0 saturated carbocycles. The first-order chi connectivity index (χ1) is 15.2. The van der Waals surface area contributed by atoms with Crippen LogP contribution in [0.5, 0.6) is 0 Å². The highest BCUT2D eigenvalue weighted by Crippen LogP contribution is 2.17. The summed E-state index contributed by atoms with van der Waals surface area (Å²) in [4.78, 5) is 28.7. The van der Waals surface area contributed by atoms with E-state index in [2.05, 4.69) is 20.7 Å². The van der Waals surface area contributed by atoms with Crippen molar-refractivity contribution in [2.45, 2.75) is 12.8 Å². The van der Waals surface area contributed by atoms with E-state index in [1.54, 1.807) is 40.5 Å². The summed E-state index contributed by atoms with van der Waals surface area (Å²) in [5.74, 6) is -0.316. The molecule has 0 saturated heterocycles. The molecule has 0 bridgehead atoms. The largest absolute Gasteiger partial charge is 0.355 e. The predicted octanol–water partition coefficient (Wildman–Crippen LogP) is 3.48. The Morgan fingerprint density at radius 3 is 2.55 bits per heavy atom. The number of carbonyl (C=O) groups excluding carboxylic acids is 2. The number of nitrogens with zero attached hydrogens (tertiary/aromatic N) is 3. The zero-order valence-electron chi connectivity index (χ0n) is 16.7. The zero-order valence-corrected chi connectivity index (χ0v) is 17.5. The van der Waals surface area contributed by atoms with Gasteiger partial charge in [0.25, 0.3) is 5.91 Å². The minimum absolute atomic E-state index is 0.0978. The first-order valence-corrected chi connectivity index (χ1v) is 10.7. The van der Waals surface area contributed by atoms with Crippen LogP contribution >= 0.6 is 11.3 Å². The molecule has 4 aromatic rings. The van der Waals surface area contributed by atoms with E-state index in [4.69, 9.17) is 0 Å². The Kier molecular flexibility index (Phi) is 6.49. The average molecular weight is 432 g/mol. The van der Waals surface area contributed by atoms with Gasteiger partial charge in [0, 0.05) is 29.9 Å². The number of hydrogen-bond donors (Lipinski definition) is 2. The maximum absolute atomic E-state index is 12.2. The minimum atomic E-state index is -0.218. The molecule has 0 aliphatic carbocycles. The van der Waals surface area contributed by atoms with Crippen molar-refractivity contribution in [3.8, 4) is 5.69 Å². The quantitative estimate of drug-likeness (QED) is 0.447. The van der Waals surface area contributed by atoms with Gasteiger partial charge in [-0.2, -0.15) is 5.10 Å². The molecular formula is C23H21N5O2S. The van der Waals surface area contributed by atoms with E-state index in [9.17, 15) is 9.59 Å². The van der Waals surface area contributed by atoms with Gasteiger partial charge < -0.3 is 5.32 Å². The van der Waals surface area contributed by atoms with E-state index in [1.165, 1.54) is 11.3 Å². The molecule has 0 radical (unpaired) electrons. The van der Waals surface area contributed by atoms with Crippen LogP contribution in [-0.4, -0.2) is 33.1 Å². The van der Waals surface area contributed by atoms with Gasteiger partial charge >= 0.3 is 0 Å². The van der Waals surface area contributed by atoms with Crippen molar-refractivity contribution in [1.29, 1.82) is 0 Å². The number of benzene rings is 2. The third-order valence-electron chi connectivity index (χ3n) is 4.59. The van der Waals surface area contributed by atoms with Crippen LogP contribution in [0.1, 0.15) is 21.6 Å². The molecular weight excluding hydrogens is 410 g/mol. The highest BCUT2D eigenvalue weighted by molar-refractivity contribution is 7.14. The van der Waals surface area contributed by atoms with Crippen LogP contribution in [0.2, 0.25) is 0 Å². The van der Waals surface area contributed by atoms with Crippen molar-refractivity contribution in [3.05, 3.63) is 95.3 Å². The Morgan fingerprint density at radius 2 is 1.81 bits per heavy atom. The fourth-order valence-electron chi connectivity index (χ4n) is 3.01. The van der Waals surface area contributed by atoms with Gasteiger partial charge in [-0.25, -0.2) is 9.67 Å². The van der Waals surface area contributed by atoms with Crippen molar-refractivity contribution in [1.82, 2.24) is 20.1 Å². The topological polar surface area (TPSA) is 88.9 Å². The third kappa shape index (κ3) is 5.64. The number of rotatable bonds is 8. The standard InChI is InChI=1S/C23H21N5O2S/c29-21(24-13-11-17-7-9-20(10-8-17)28-14-4-12-25-28)15-19-16-31-23(26-19)27-22(30)18-5-2-1-3-6-18/h1-10,12,14,16H,11,13,15H2,(H,24,29)(H,26,27,30). The molecule has 2 heterocycles. The van der Waals surface area contributed by atoms with Gasteiger partial charge in [-0.3, -0.25) is 14.9 Å². The second-order valence-corrected chi connectivity index (χ2v) is 7.72. The fourth-order valence-corrected chi connectivity index (χ4v) is 3.72. The lowest BCUT2D eigenvalue weighted by Crippen LogP contribution is -2.27. The number of hydrogen-bond acceptors (Lipinski definition) is 5. The van der Waals surface area contributed by atoms with Crippen LogP contribution in [0, 0.1) is 0 Å². The molecule has 8 heteroatoms. The lowest BCUT2D eigenvalue weighted by Gasteiger charge is -2.06. The van der Waals surface area contributed by atoms with Crippen molar-refractivity contribution >= 4 is 28.3 Å². The molecule has 0 unspecified atom stereocenters. The summed E-state index contributed by atoms with van der Waals surface area (Å²) in [6.07, 6.45) is 4.55. The first kappa shape index (κ1) is 20.5. The van der Waals surface area contributed by atoms with Gasteiger partial charge in [0.1, 0.15) is 0 Å². The number of amides is 2. The van der Waals surface area contributed by atoms with Gasteiger partial charge in [0.15, 0.2) is 5.13 Å². The molecule has 0 spiro atoms. The summed E-state index contributed by atoms with van der Waals surface area (Å²) in [7, 11) is 0. The van der Waals surface area contributed by atoms with Crippen LogP contribution in [0.3, 0.4) is 0 Å². The number of carbonyl (C=O) groups is 2. The lowest BCUT2D eigenvalue weighted by molar-refractivity contribution is -0.120. The molecule has 7 nitrogen and oxygen atoms in total. The predicted molar refractivity (Wildman–Crippen MR) is 120 cm³/mol. The van der Waals surface area contributed by atoms with Crippen LogP contribution in [0.15, 0.2) is 78.4 Å². The van der Waals surface area contributed by atoms with E-state index in [0.717, 1.165) is 17.7 Å². The van der Waals surface area contributed by atoms with E-state index in [1.807, 2.05) is 42.6 Å². The van der Waals surface area contributed by atoms with Crippen molar-refractivity contribution < 1.29 is 9.59 Å². The monoisotopic (exact) mass is 431 g/mol. The van der Waals surface area contributed by atoms with Crippen LogP contribution < -0.4 is 10.6 Å². The minimum Gasteiger partial charge on any atom is -0.355 e. The van der Waals surface area contributed by atoms with E-state index >= 15 is 0 Å². The Morgan fingerprint density at radius 1 is 1.00 bits per heavy atom. The number of thiazole rings is 1. The summed E-state index contributed by atoms with van der Waals surface area (Å²) in [5, 5.41) is 12.2. The molecule has 2 aromatic carbocycles. The summed E-state index contributed by atoms with van der Waals surface area (Å²) >= 11 is 1.31. The van der Waals surface area contributed by atoms with Crippen LogP contribution in [-0.2, 0) is 17.6 Å². The SMILES string of the molecule is O=C(Cc1csc(NC(=O)c2ccccc2)n1)NCCc1ccc(-n2cccn2)cc1. The van der Waals surface area contributed by atoms with Gasteiger partial charge in [-0.05, 0) is 42.3 Å². The Hall–Kier alpha value is -3.78. The van der Waals surface area contributed by atoms with Crippen molar-refractivity contribution in [2.24, 2.45) is 0 Å². The lowest BCUT2D eigenvalue weighted by atomic mass is 10.1. The molecule has 0 aliphatic heterocycles. The van der Waals surface area contributed by atoms with E-state index in [-0.39, 0.29) is 18.2 Å². The third-order valence-corrected chi connectivity index (χ3v) is 5.40. The normalized spacial score (nSPS) is 10.6. The van der Waals surface area contributed by atoms with Crippen molar-refractivity contribution in [3.63, 3.8) is 0 Å². The Bertz CT molecular complexity index is 1140. The van der Waals surface area contributed by atoms with Gasteiger partial charge in [0.05, 0.1) is 17.8 Å².